The largest absolute Gasteiger partial charge is 0.352 e. The summed E-state index contributed by atoms with van der Waals surface area (Å²) in [6, 6.07) is 7.40. The van der Waals surface area contributed by atoms with Crippen molar-refractivity contribution in [3.05, 3.63) is 40.9 Å². The standard InChI is InChI=1S/C21H27N5O3/c1-15(20(28)23-16-6-7-16)24-10-12-25(13-11-24)19(27)8-9-26-14-22-18-5-3-2-4-17(18)21(26)29/h2-5,14-16H,6-13H2,1H3,(H,23,28). The van der Waals surface area contributed by atoms with Crippen LogP contribution in [0, 0.1) is 0 Å². The van der Waals surface area contributed by atoms with Gasteiger partial charge in [0.2, 0.25) is 11.8 Å². The molecule has 2 amide bonds. The summed E-state index contributed by atoms with van der Waals surface area (Å²) >= 11 is 0. The Morgan fingerprint density at radius 1 is 1.17 bits per heavy atom. The molecule has 1 saturated heterocycles. The molecule has 2 heterocycles. The third-order valence-electron chi connectivity index (χ3n) is 5.82. The molecule has 0 spiro atoms. The molecule has 1 saturated carbocycles. The van der Waals surface area contributed by atoms with Gasteiger partial charge < -0.3 is 10.2 Å². The number of carbonyl (C=O) groups excluding carboxylic acids is 2. The number of carbonyl (C=O) groups is 2. The molecular weight excluding hydrogens is 370 g/mol. The van der Waals surface area contributed by atoms with Gasteiger partial charge in [0.1, 0.15) is 0 Å². The molecule has 29 heavy (non-hydrogen) atoms. The van der Waals surface area contributed by atoms with Crippen molar-refractivity contribution in [3.8, 4) is 0 Å². The third kappa shape index (κ3) is 4.48. The predicted molar refractivity (Wildman–Crippen MR) is 109 cm³/mol. The Morgan fingerprint density at radius 3 is 2.62 bits per heavy atom. The number of aromatic nitrogens is 2. The minimum atomic E-state index is -0.171. The van der Waals surface area contributed by atoms with Crippen LogP contribution in [-0.2, 0) is 16.1 Å². The lowest BCUT2D eigenvalue weighted by molar-refractivity contribution is -0.134. The van der Waals surface area contributed by atoms with E-state index in [0.717, 1.165) is 12.8 Å². The average molecular weight is 397 g/mol. The van der Waals surface area contributed by atoms with Gasteiger partial charge in [-0.1, -0.05) is 12.1 Å². The number of nitrogens with zero attached hydrogens (tertiary/aromatic N) is 4. The molecule has 1 aromatic heterocycles. The molecule has 0 bridgehead atoms. The van der Waals surface area contributed by atoms with Crippen LogP contribution in [0.3, 0.4) is 0 Å². The Labute approximate surface area is 169 Å². The van der Waals surface area contributed by atoms with E-state index >= 15 is 0 Å². The molecule has 1 aliphatic carbocycles. The summed E-state index contributed by atoms with van der Waals surface area (Å²) in [7, 11) is 0. The quantitative estimate of drug-likeness (QED) is 0.771. The second-order valence-electron chi connectivity index (χ2n) is 7.89. The normalized spacial score (nSPS) is 18.6. The van der Waals surface area contributed by atoms with E-state index in [1.54, 1.807) is 12.1 Å². The van der Waals surface area contributed by atoms with Crippen molar-refractivity contribution >= 4 is 22.7 Å². The van der Waals surface area contributed by atoms with E-state index in [-0.39, 0.29) is 29.8 Å². The molecule has 1 N–H and O–H groups in total. The number of rotatable bonds is 6. The van der Waals surface area contributed by atoms with Crippen LogP contribution in [0.5, 0.6) is 0 Å². The second-order valence-corrected chi connectivity index (χ2v) is 7.89. The zero-order chi connectivity index (χ0) is 20.4. The van der Waals surface area contributed by atoms with Gasteiger partial charge >= 0.3 is 0 Å². The molecule has 4 rings (SSSR count). The Morgan fingerprint density at radius 2 is 1.90 bits per heavy atom. The number of fused-ring (bicyclic) bond motifs is 1. The number of hydrogen-bond acceptors (Lipinski definition) is 5. The average Bonchev–Trinajstić information content (AvgIpc) is 3.57. The van der Waals surface area contributed by atoms with E-state index < -0.39 is 0 Å². The van der Waals surface area contributed by atoms with Crippen LogP contribution in [0.4, 0.5) is 0 Å². The van der Waals surface area contributed by atoms with Gasteiger partial charge in [-0.05, 0) is 31.9 Å². The first-order chi connectivity index (χ1) is 14.0. The third-order valence-corrected chi connectivity index (χ3v) is 5.82. The molecule has 2 aromatic rings. The summed E-state index contributed by atoms with van der Waals surface area (Å²) in [6.45, 7) is 4.81. The first-order valence-corrected chi connectivity index (χ1v) is 10.3. The van der Waals surface area contributed by atoms with Gasteiger partial charge in [-0.25, -0.2) is 4.98 Å². The summed E-state index contributed by atoms with van der Waals surface area (Å²) in [6.07, 6.45) is 3.93. The summed E-state index contributed by atoms with van der Waals surface area (Å²) < 4.78 is 1.50. The van der Waals surface area contributed by atoms with E-state index in [0.29, 0.717) is 49.7 Å². The monoisotopic (exact) mass is 397 g/mol. The fourth-order valence-electron chi connectivity index (χ4n) is 3.71. The fraction of sp³-hybridized carbons (Fsp3) is 0.524. The highest BCUT2D eigenvalue weighted by Gasteiger charge is 2.30. The van der Waals surface area contributed by atoms with Crippen molar-refractivity contribution in [1.29, 1.82) is 0 Å². The van der Waals surface area contributed by atoms with Crippen LogP contribution in [0.15, 0.2) is 35.4 Å². The van der Waals surface area contributed by atoms with Gasteiger partial charge in [-0.2, -0.15) is 0 Å². The second kappa shape index (κ2) is 8.32. The van der Waals surface area contributed by atoms with Crippen LogP contribution in [0.25, 0.3) is 10.9 Å². The van der Waals surface area contributed by atoms with Crippen molar-refractivity contribution in [2.45, 2.75) is 44.8 Å². The zero-order valence-corrected chi connectivity index (χ0v) is 16.7. The van der Waals surface area contributed by atoms with Gasteiger partial charge in [0.05, 0.1) is 23.3 Å². The first-order valence-electron chi connectivity index (χ1n) is 10.3. The number of nitrogens with one attached hydrogen (secondary N) is 1. The number of benzene rings is 1. The van der Waals surface area contributed by atoms with Crippen LogP contribution in [-0.4, -0.2) is 69.4 Å². The van der Waals surface area contributed by atoms with Gasteiger partial charge in [-0.3, -0.25) is 23.9 Å². The highest BCUT2D eigenvalue weighted by Crippen LogP contribution is 2.19. The lowest BCUT2D eigenvalue weighted by Crippen LogP contribution is -2.55. The molecule has 154 valence electrons. The van der Waals surface area contributed by atoms with Crippen molar-refractivity contribution in [1.82, 2.24) is 24.7 Å². The molecule has 8 heteroatoms. The molecule has 2 aliphatic rings. The predicted octanol–water partition coefficient (Wildman–Crippen LogP) is 0.598. The Bertz CT molecular complexity index is 960. The Kier molecular flexibility index (Phi) is 5.62. The summed E-state index contributed by atoms with van der Waals surface area (Å²) in [5.41, 5.74) is 0.541. The molecule has 0 radical (unpaired) electrons. The van der Waals surface area contributed by atoms with Crippen LogP contribution in [0.2, 0.25) is 0 Å². The first kappa shape index (κ1) is 19.6. The number of amides is 2. The molecule has 1 aromatic carbocycles. The maximum Gasteiger partial charge on any atom is 0.261 e. The van der Waals surface area contributed by atoms with Crippen LogP contribution >= 0.6 is 0 Å². The molecule has 1 aliphatic heterocycles. The lowest BCUT2D eigenvalue weighted by Gasteiger charge is -2.37. The van der Waals surface area contributed by atoms with Crippen molar-refractivity contribution in [2.75, 3.05) is 26.2 Å². The van der Waals surface area contributed by atoms with E-state index in [9.17, 15) is 14.4 Å². The van der Waals surface area contributed by atoms with Crippen molar-refractivity contribution in [2.24, 2.45) is 0 Å². The minimum absolute atomic E-state index is 0.0276. The van der Waals surface area contributed by atoms with Crippen molar-refractivity contribution < 1.29 is 9.59 Å². The number of hydrogen-bond donors (Lipinski definition) is 1. The van der Waals surface area contributed by atoms with Crippen LogP contribution < -0.4 is 10.9 Å². The summed E-state index contributed by atoms with van der Waals surface area (Å²) in [5.74, 6) is 0.107. The van der Waals surface area contributed by atoms with E-state index in [4.69, 9.17) is 0 Å². The molecule has 1 unspecified atom stereocenters. The van der Waals surface area contributed by atoms with Gasteiger partial charge in [0.25, 0.3) is 5.56 Å². The smallest absolute Gasteiger partial charge is 0.261 e. The molecular formula is C21H27N5O3. The fourth-order valence-corrected chi connectivity index (χ4v) is 3.71. The minimum Gasteiger partial charge on any atom is -0.352 e. The molecule has 2 fully saturated rings. The van der Waals surface area contributed by atoms with Gasteiger partial charge in [-0.15, -0.1) is 0 Å². The maximum atomic E-state index is 12.6. The van der Waals surface area contributed by atoms with Crippen molar-refractivity contribution in [3.63, 3.8) is 0 Å². The summed E-state index contributed by atoms with van der Waals surface area (Å²) in [5, 5.41) is 3.61. The molecule has 1 atom stereocenters. The number of piperazine rings is 1. The van der Waals surface area contributed by atoms with E-state index in [1.807, 2.05) is 24.0 Å². The van der Waals surface area contributed by atoms with Gasteiger partial charge in [0, 0.05) is 45.2 Å². The Hall–Kier alpha value is -2.74. The molecule has 8 nitrogen and oxygen atoms in total. The van der Waals surface area contributed by atoms with Gasteiger partial charge in [0.15, 0.2) is 0 Å². The Balaban J connectivity index is 1.28. The highest BCUT2D eigenvalue weighted by molar-refractivity contribution is 5.82. The topological polar surface area (TPSA) is 87.5 Å². The summed E-state index contributed by atoms with van der Waals surface area (Å²) in [4.78, 5) is 45.6. The van der Waals surface area contributed by atoms with E-state index in [1.165, 1.54) is 10.9 Å². The maximum absolute atomic E-state index is 12.6. The van der Waals surface area contributed by atoms with E-state index in [2.05, 4.69) is 15.2 Å². The lowest BCUT2D eigenvalue weighted by atomic mass is 10.2. The van der Waals surface area contributed by atoms with Crippen LogP contribution in [0.1, 0.15) is 26.2 Å². The number of para-hydroxylation sites is 1. The number of aryl methyl sites for hydroxylation is 1. The zero-order valence-electron chi connectivity index (χ0n) is 16.7. The highest BCUT2D eigenvalue weighted by atomic mass is 16.2. The SMILES string of the molecule is CC(C(=O)NC1CC1)N1CCN(C(=O)CCn2cnc3ccccc3c2=O)CC1.